The van der Waals surface area contributed by atoms with E-state index in [4.69, 9.17) is 4.74 Å². The van der Waals surface area contributed by atoms with Crippen LogP contribution in [0.1, 0.15) is 348 Å². The summed E-state index contributed by atoms with van der Waals surface area (Å²) in [5.74, 6) is -0.0619. The summed E-state index contributed by atoms with van der Waals surface area (Å²) in [6, 6.07) is -0.626. The van der Waals surface area contributed by atoms with Crippen LogP contribution in [0.25, 0.3) is 0 Å². The number of carbonyl (C=O) groups is 2. The van der Waals surface area contributed by atoms with Gasteiger partial charge in [-0.2, -0.15) is 0 Å². The van der Waals surface area contributed by atoms with Gasteiger partial charge in [0.25, 0.3) is 0 Å². The Morgan fingerprint density at radius 1 is 0.389 bits per heavy atom. The molecule has 0 saturated carbocycles. The highest BCUT2D eigenvalue weighted by atomic mass is 16.5. The molecule has 0 aromatic rings. The molecule has 0 spiro atoms. The van der Waals surface area contributed by atoms with Crippen LogP contribution in [-0.4, -0.2) is 47.4 Å². The van der Waals surface area contributed by atoms with Crippen molar-refractivity contribution in [1.29, 1.82) is 0 Å². The third-order valence-corrected chi connectivity index (χ3v) is 14.9. The fourth-order valence-electron chi connectivity index (χ4n) is 9.96. The summed E-state index contributed by atoms with van der Waals surface area (Å²) in [6.45, 7) is 4.89. The number of hydrogen-bond acceptors (Lipinski definition) is 5. The highest BCUT2D eigenvalue weighted by Gasteiger charge is 2.18. The second-order valence-corrected chi connectivity index (χ2v) is 22.1. The van der Waals surface area contributed by atoms with Gasteiger partial charge in [-0.25, -0.2) is 0 Å². The molecule has 0 aromatic heterocycles. The minimum atomic E-state index is -0.842. The van der Waals surface area contributed by atoms with Crippen molar-refractivity contribution in [3.05, 3.63) is 36.5 Å². The van der Waals surface area contributed by atoms with Crippen LogP contribution < -0.4 is 5.32 Å². The Morgan fingerprint density at radius 3 is 1.08 bits per heavy atom. The number of nitrogens with one attached hydrogen (secondary N) is 1. The van der Waals surface area contributed by atoms with Crippen LogP contribution in [0.15, 0.2) is 36.5 Å². The molecule has 72 heavy (non-hydrogen) atoms. The van der Waals surface area contributed by atoms with Crippen LogP contribution in [0.3, 0.4) is 0 Å². The zero-order valence-corrected chi connectivity index (χ0v) is 48.4. The maximum absolute atomic E-state index is 12.5. The molecule has 6 nitrogen and oxygen atoms in total. The minimum Gasteiger partial charge on any atom is -0.466 e. The number of allylic oxidation sites excluding steroid dienone is 5. The van der Waals surface area contributed by atoms with Crippen molar-refractivity contribution < 1.29 is 24.5 Å². The molecule has 0 unspecified atom stereocenters. The number of hydrogen-bond donors (Lipinski definition) is 3. The molecule has 0 heterocycles. The summed E-state index contributed by atoms with van der Waals surface area (Å²) in [5, 5.41) is 23.1. The number of rotatable bonds is 60. The van der Waals surface area contributed by atoms with Gasteiger partial charge in [-0.3, -0.25) is 9.59 Å². The Bertz CT molecular complexity index is 1170. The average Bonchev–Trinajstić information content (AvgIpc) is 3.38. The second-order valence-electron chi connectivity index (χ2n) is 22.1. The number of ether oxygens (including phenoxy) is 1. The number of esters is 1. The van der Waals surface area contributed by atoms with Crippen molar-refractivity contribution in [2.45, 2.75) is 360 Å². The van der Waals surface area contributed by atoms with Gasteiger partial charge in [-0.15, -0.1) is 0 Å². The molecular weight excluding hydrogens is 887 g/mol. The third-order valence-electron chi connectivity index (χ3n) is 14.9. The fraction of sp³-hybridized carbons (Fsp3) is 0.879. The largest absolute Gasteiger partial charge is 0.466 e. The normalized spacial score (nSPS) is 12.8. The number of carbonyl (C=O) groups excluding carboxylic acids is 2. The highest BCUT2D eigenvalue weighted by Crippen LogP contribution is 2.18. The predicted octanol–water partition coefficient (Wildman–Crippen LogP) is 20.4. The lowest BCUT2D eigenvalue weighted by Gasteiger charge is -2.20. The first kappa shape index (κ1) is 70.1. The van der Waals surface area contributed by atoms with E-state index in [1.54, 1.807) is 6.08 Å². The maximum atomic E-state index is 12.5. The smallest absolute Gasteiger partial charge is 0.305 e. The van der Waals surface area contributed by atoms with Crippen LogP contribution in [0.4, 0.5) is 0 Å². The van der Waals surface area contributed by atoms with Crippen LogP contribution >= 0.6 is 0 Å². The summed E-state index contributed by atoms with van der Waals surface area (Å²) in [4.78, 5) is 24.5. The molecular formula is C66H125NO5. The van der Waals surface area contributed by atoms with E-state index in [1.165, 1.54) is 270 Å². The monoisotopic (exact) mass is 1010 g/mol. The van der Waals surface area contributed by atoms with E-state index in [1.807, 2.05) is 6.08 Å². The molecule has 6 heteroatoms. The zero-order valence-electron chi connectivity index (χ0n) is 48.4. The number of aliphatic hydroxyl groups excluding tert-OH is 2. The average molecular weight is 1010 g/mol. The van der Waals surface area contributed by atoms with Gasteiger partial charge in [-0.05, 0) is 64.2 Å². The second kappa shape index (κ2) is 61.6. The van der Waals surface area contributed by atoms with Gasteiger partial charge >= 0.3 is 5.97 Å². The first-order valence-electron chi connectivity index (χ1n) is 32.3. The van der Waals surface area contributed by atoms with Crippen molar-refractivity contribution in [2.75, 3.05) is 13.2 Å². The molecule has 0 rings (SSSR count). The first-order chi connectivity index (χ1) is 35.5. The maximum Gasteiger partial charge on any atom is 0.305 e. The fourth-order valence-corrected chi connectivity index (χ4v) is 9.96. The standard InChI is InChI=1S/C66H125NO5/c1-3-5-7-9-11-13-15-17-31-36-40-44-48-52-56-60-66(71)72-61-57-53-49-45-41-37-33-30-28-26-24-22-20-19-21-23-25-27-29-32-35-39-43-47-51-55-59-65(70)67-63(62-68)64(69)58-54-50-46-42-38-34-18-16-14-12-10-8-6-4-2/h11,13,17,31,54,58,63-64,68-69H,3-10,12,14-16,18-30,32-53,55-57,59-62H2,1-2H3,(H,67,70)/b13-11-,31-17-,58-54+/t63-,64+/m0/s1. The molecule has 0 fully saturated rings. The third kappa shape index (κ3) is 57.4. The molecule has 0 aliphatic rings. The van der Waals surface area contributed by atoms with Gasteiger partial charge < -0.3 is 20.3 Å². The van der Waals surface area contributed by atoms with Crippen LogP contribution in [0, 0.1) is 0 Å². The van der Waals surface area contributed by atoms with E-state index in [0.29, 0.717) is 19.4 Å². The van der Waals surface area contributed by atoms with Crippen LogP contribution in [0.5, 0.6) is 0 Å². The molecule has 0 radical (unpaired) electrons. The Hall–Kier alpha value is -1.92. The van der Waals surface area contributed by atoms with Crippen LogP contribution in [-0.2, 0) is 14.3 Å². The number of aliphatic hydroxyl groups is 2. The van der Waals surface area contributed by atoms with Crippen molar-refractivity contribution in [3.8, 4) is 0 Å². The van der Waals surface area contributed by atoms with E-state index in [0.717, 1.165) is 51.4 Å². The van der Waals surface area contributed by atoms with Gasteiger partial charge in [-0.1, -0.05) is 307 Å². The van der Waals surface area contributed by atoms with Crippen molar-refractivity contribution in [3.63, 3.8) is 0 Å². The summed E-state index contributed by atoms with van der Waals surface area (Å²) >= 11 is 0. The topological polar surface area (TPSA) is 95.9 Å². The first-order valence-corrected chi connectivity index (χ1v) is 32.3. The Morgan fingerprint density at radius 2 is 0.694 bits per heavy atom. The highest BCUT2D eigenvalue weighted by molar-refractivity contribution is 5.76. The van der Waals surface area contributed by atoms with Gasteiger partial charge in [0.2, 0.25) is 5.91 Å². The Kier molecular flexibility index (Phi) is 60.0. The Labute approximate surface area is 449 Å². The van der Waals surface area contributed by atoms with Gasteiger partial charge in [0, 0.05) is 12.8 Å². The van der Waals surface area contributed by atoms with Crippen molar-refractivity contribution in [1.82, 2.24) is 5.32 Å². The van der Waals surface area contributed by atoms with Gasteiger partial charge in [0.15, 0.2) is 0 Å². The molecule has 0 saturated heterocycles. The van der Waals surface area contributed by atoms with Gasteiger partial charge in [0.05, 0.1) is 25.4 Å². The van der Waals surface area contributed by atoms with Crippen molar-refractivity contribution >= 4 is 11.9 Å². The van der Waals surface area contributed by atoms with Crippen molar-refractivity contribution in [2.24, 2.45) is 0 Å². The SMILES string of the molecule is CCCCC/C=C\C/C=C\CCCCCCCC(=O)OCCCCCCCCCCCCCCCCCCCCCCCCCCCCC(=O)N[C@@H](CO)[C@H](O)/C=C/CCCCCCCCCCCCCC. The molecule has 1 amide bonds. The lowest BCUT2D eigenvalue weighted by molar-refractivity contribution is -0.143. The summed E-state index contributed by atoms with van der Waals surface area (Å²) < 4.78 is 5.48. The summed E-state index contributed by atoms with van der Waals surface area (Å²) in [7, 11) is 0. The molecule has 0 bridgehead atoms. The van der Waals surface area contributed by atoms with E-state index in [9.17, 15) is 19.8 Å². The molecule has 3 N–H and O–H groups in total. The predicted molar refractivity (Wildman–Crippen MR) is 315 cm³/mol. The molecule has 0 aliphatic carbocycles. The van der Waals surface area contributed by atoms with E-state index in [2.05, 4.69) is 43.5 Å². The van der Waals surface area contributed by atoms with E-state index in [-0.39, 0.29) is 18.5 Å². The molecule has 2 atom stereocenters. The van der Waals surface area contributed by atoms with Crippen LogP contribution in [0.2, 0.25) is 0 Å². The number of unbranched alkanes of at least 4 members (excludes halogenated alkanes) is 45. The molecule has 424 valence electrons. The zero-order chi connectivity index (χ0) is 52.2. The molecule has 0 aliphatic heterocycles. The minimum absolute atomic E-state index is 0.00287. The Balaban J connectivity index is 3.37. The summed E-state index contributed by atoms with van der Waals surface area (Å²) in [6.07, 6.45) is 77.7. The summed E-state index contributed by atoms with van der Waals surface area (Å²) in [5.41, 5.74) is 0. The lowest BCUT2D eigenvalue weighted by Crippen LogP contribution is -2.45. The molecule has 0 aromatic carbocycles. The van der Waals surface area contributed by atoms with E-state index >= 15 is 0 Å². The lowest BCUT2D eigenvalue weighted by atomic mass is 10.0. The number of amides is 1. The quantitative estimate of drug-likeness (QED) is 0.0320. The van der Waals surface area contributed by atoms with E-state index < -0.39 is 12.1 Å². The van der Waals surface area contributed by atoms with Gasteiger partial charge in [0.1, 0.15) is 0 Å².